The zero-order valence-electron chi connectivity index (χ0n) is 36.6. The monoisotopic (exact) mass is 810 g/mol. The van der Waals surface area contributed by atoms with Crippen LogP contribution in [-0.4, -0.2) is 70.0 Å². The predicted molar refractivity (Wildman–Crippen MR) is 231 cm³/mol. The highest BCUT2D eigenvalue weighted by molar-refractivity contribution is 7.45. The molecule has 0 bridgehead atoms. The number of nitrogens with zero attached hydrogens (tertiary/aromatic N) is 1. The molecule has 0 aromatic heterocycles. The summed E-state index contributed by atoms with van der Waals surface area (Å²) in [5, 5.41) is 0. The first kappa shape index (κ1) is 54.0. The fraction of sp³-hybridized carbons (Fsp3) is 0.783. The summed E-state index contributed by atoms with van der Waals surface area (Å²) in [6.07, 6.45) is 44.3. The Labute approximate surface area is 343 Å². The molecule has 0 saturated heterocycles. The highest BCUT2D eigenvalue weighted by Gasteiger charge is 2.21. The second-order valence-corrected chi connectivity index (χ2v) is 17.5. The minimum absolute atomic E-state index is 0.0417. The lowest BCUT2D eigenvalue weighted by Crippen LogP contribution is -2.37. The van der Waals surface area contributed by atoms with E-state index in [4.69, 9.17) is 18.5 Å². The van der Waals surface area contributed by atoms with Gasteiger partial charge in [-0.15, -0.1) is 0 Å². The number of rotatable bonds is 40. The first-order valence-corrected chi connectivity index (χ1v) is 23.8. The van der Waals surface area contributed by atoms with E-state index in [9.17, 15) is 19.0 Å². The molecule has 10 heteroatoms. The Morgan fingerprint density at radius 2 is 0.982 bits per heavy atom. The third kappa shape index (κ3) is 41.6. The summed E-state index contributed by atoms with van der Waals surface area (Å²) in [5.41, 5.74) is 0. The summed E-state index contributed by atoms with van der Waals surface area (Å²) in [4.78, 5) is 37.5. The molecule has 1 unspecified atom stereocenters. The van der Waals surface area contributed by atoms with Crippen molar-refractivity contribution in [3.05, 3.63) is 48.6 Å². The van der Waals surface area contributed by atoms with E-state index in [-0.39, 0.29) is 26.1 Å². The van der Waals surface area contributed by atoms with Crippen LogP contribution in [0.2, 0.25) is 0 Å². The Hall–Kier alpha value is -2.03. The molecule has 0 aromatic carbocycles. The fourth-order valence-electron chi connectivity index (χ4n) is 5.78. The lowest BCUT2D eigenvalue weighted by molar-refractivity contribution is -0.870. The minimum Gasteiger partial charge on any atom is -0.756 e. The van der Waals surface area contributed by atoms with Gasteiger partial charge in [0.2, 0.25) is 0 Å². The van der Waals surface area contributed by atoms with E-state index in [2.05, 4.69) is 56.4 Å². The number of unbranched alkanes of at least 4 members (excludes halogenated alkanes) is 18. The van der Waals surface area contributed by atoms with E-state index in [0.717, 1.165) is 51.4 Å². The van der Waals surface area contributed by atoms with Crippen LogP contribution in [-0.2, 0) is 32.7 Å². The molecular formula is C46H84NO8P. The molecule has 0 aliphatic rings. The van der Waals surface area contributed by atoms with E-state index in [0.29, 0.717) is 23.9 Å². The van der Waals surface area contributed by atoms with Gasteiger partial charge in [-0.2, -0.15) is 0 Å². The molecule has 0 aliphatic carbocycles. The standard InChI is InChI=1S/C46H84NO8P/c1-6-8-10-12-14-16-18-20-22-23-25-27-29-31-33-35-37-39-46(49)55-44(43-54-56(50,51)53-41-40-47(3,4)5)42-52-45(48)38-36-34-32-30-28-26-24-21-19-17-15-13-11-9-7-2/h17,19-20,22,25,27,31,33,44H,6-16,18,21,23-24,26,28-30,32,34-43H2,1-5H3/b19-17-,22-20-,27-25-,33-31-/t44-/m1/s1. The van der Waals surface area contributed by atoms with Crippen molar-refractivity contribution in [3.63, 3.8) is 0 Å². The van der Waals surface area contributed by atoms with Crippen molar-refractivity contribution in [2.75, 3.05) is 47.5 Å². The maximum absolute atomic E-state index is 12.7. The van der Waals surface area contributed by atoms with Crippen molar-refractivity contribution in [3.8, 4) is 0 Å². The molecule has 0 spiro atoms. The van der Waals surface area contributed by atoms with Crippen LogP contribution >= 0.6 is 7.82 Å². The highest BCUT2D eigenvalue weighted by Crippen LogP contribution is 2.38. The van der Waals surface area contributed by atoms with Crippen molar-refractivity contribution in [1.82, 2.24) is 0 Å². The maximum atomic E-state index is 12.7. The van der Waals surface area contributed by atoms with Gasteiger partial charge in [-0.25, -0.2) is 0 Å². The summed E-state index contributed by atoms with van der Waals surface area (Å²) in [6, 6.07) is 0. The number of hydrogen-bond acceptors (Lipinski definition) is 8. The van der Waals surface area contributed by atoms with E-state index in [1.807, 2.05) is 27.2 Å². The number of carbonyl (C=O) groups excluding carboxylic acids is 2. The van der Waals surface area contributed by atoms with Crippen LogP contribution in [0.15, 0.2) is 48.6 Å². The van der Waals surface area contributed by atoms with Gasteiger partial charge in [0.1, 0.15) is 19.8 Å². The summed E-state index contributed by atoms with van der Waals surface area (Å²) in [5.74, 6) is -0.902. The highest BCUT2D eigenvalue weighted by atomic mass is 31.2. The third-order valence-electron chi connectivity index (χ3n) is 9.32. The van der Waals surface area contributed by atoms with E-state index >= 15 is 0 Å². The van der Waals surface area contributed by atoms with Gasteiger partial charge in [0.05, 0.1) is 27.7 Å². The zero-order chi connectivity index (χ0) is 41.4. The largest absolute Gasteiger partial charge is 0.756 e. The number of carbonyl (C=O) groups is 2. The summed E-state index contributed by atoms with van der Waals surface area (Å²) in [6.45, 7) is 4.14. The van der Waals surface area contributed by atoms with Crippen LogP contribution in [0, 0.1) is 0 Å². The second-order valence-electron chi connectivity index (χ2n) is 16.1. The molecule has 0 aromatic rings. The van der Waals surface area contributed by atoms with Crippen LogP contribution in [0.5, 0.6) is 0 Å². The van der Waals surface area contributed by atoms with Crippen LogP contribution in [0.1, 0.15) is 181 Å². The second kappa shape index (κ2) is 38.5. The molecule has 0 rings (SSSR count). The summed E-state index contributed by atoms with van der Waals surface area (Å²) < 4.78 is 33.8. The van der Waals surface area contributed by atoms with Crippen LogP contribution in [0.4, 0.5) is 0 Å². The number of hydrogen-bond donors (Lipinski definition) is 0. The fourth-order valence-corrected chi connectivity index (χ4v) is 6.51. The quantitative estimate of drug-likeness (QED) is 0.0198. The molecule has 0 saturated carbocycles. The van der Waals surface area contributed by atoms with Gasteiger partial charge >= 0.3 is 11.9 Å². The molecule has 56 heavy (non-hydrogen) atoms. The molecule has 0 heterocycles. The van der Waals surface area contributed by atoms with Crippen LogP contribution in [0.25, 0.3) is 0 Å². The van der Waals surface area contributed by atoms with Gasteiger partial charge in [0, 0.05) is 12.8 Å². The molecule has 0 radical (unpaired) electrons. The normalized spacial score (nSPS) is 14.0. The maximum Gasteiger partial charge on any atom is 0.306 e. The van der Waals surface area contributed by atoms with Gasteiger partial charge in [0.25, 0.3) is 7.82 Å². The average molecular weight is 810 g/mol. The lowest BCUT2D eigenvalue weighted by Gasteiger charge is -2.28. The molecule has 0 fully saturated rings. The van der Waals surface area contributed by atoms with Crippen molar-refractivity contribution in [2.45, 2.75) is 187 Å². The van der Waals surface area contributed by atoms with Gasteiger partial charge < -0.3 is 27.9 Å². The van der Waals surface area contributed by atoms with E-state index in [1.165, 1.54) is 89.9 Å². The Morgan fingerprint density at radius 3 is 1.52 bits per heavy atom. The Balaban J connectivity index is 4.45. The van der Waals surface area contributed by atoms with Crippen LogP contribution in [0.3, 0.4) is 0 Å². The van der Waals surface area contributed by atoms with Crippen molar-refractivity contribution in [2.24, 2.45) is 0 Å². The molecule has 0 N–H and O–H groups in total. The van der Waals surface area contributed by atoms with Gasteiger partial charge in [-0.1, -0.05) is 146 Å². The zero-order valence-corrected chi connectivity index (χ0v) is 37.5. The number of quaternary nitrogens is 1. The van der Waals surface area contributed by atoms with Crippen molar-refractivity contribution < 1.29 is 42.1 Å². The Kier molecular flexibility index (Phi) is 37.1. The predicted octanol–water partition coefficient (Wildman–Crippen LogP) is 12.1. The average Bonchev–Trinajstić information content (AvgIpc) is 3.15. The molecule has 326 valence electrons. The molecule has 9 nitrogen and oxygen atoms in total. The van der Waals surface area contributed by atoms with Gasteiger partial charge in [-0.05, 0) is 70.6 Å². The number of esters is 2. The third-order valence-corrected chi connectivity index (χ3v) is 10.3. The van der Waals surface area contributed by atoms with E-state index in [1.54, 1.807) is 0 Å². The number of likely N-dealkylation sites (N-methyl/N-ethyl adjacent to an activating group) is 1. The van der Waals surface area contributed by atoms with Crippen molar-refractivity contribution >= 4 is 19.8 Å². The molecule has 0 amide bonds. The smallest absolute Gasteiger partial charge is 0.306 e. The first-order chi connectivity index (χ1) is 27.0. The summed E-state index contributed by atoms with van der Waals surface area (Å²) >= 11 is 0. The summed E-state index contributed by atoms with van der Waals surface area (Å²) in [7, 11) is 1.13. The molecule has 2 atom stereocenters. The number of phosphoric acid groups is 1. The number of ether oxygens (including phenoxy) is 2. The SMILES string of the molecule is CCCCCC/C=C\CCCCCCCCCC(=O)OC[C@H](COP(=O)([O-])OCC[N+](C)(C)C)OC(=O)CCC/C=C\C/C=C\C/C=C\CCCCCCCC. The first-order valence-electron chi connectivity index (χ1n) is 22.3. The van der Waals surface area contributed by atoms with Crippen molar-refractivity contribution in [1.29, 1.82) is 0 Å². The van der Waals surface area contributed by atoms with Gasteiger partial charge in [0.15, 0.2) is 6.10 Å². The number of phosphoric ester groups is 1. The lowest BCUT2D eigenvalue weighted by atomic mass is 10.1. The topological polar surface area (TPSA) is 111 Å². The number of allylic oxidation sites excluding steroid dienone is 8. The Bertz CT molecular complexity index is 1100. The van der Waals surface area contributed by atoms with Crippen LogP contribution < -0.4 is 4.89 Å². The van der Waals surface area contributed by atoms with Gasteiger partial charge in [-0.3, -0.25) is 14.2 Å². The minimum atomic E-state index is -4.64. The molecular weight excluding hydrogens is 725 g/mol. The Morgan fingerprint density at radius 1 is 0.554 bits per heavy atom. The van der Waals surface area contributed by atoms with E-state index < -0.39 is 32.5 Å². The molecule has 0 aliphatic heterocycles.